The minimum atomic E-state index is 0.302. The lowest BCUT2D eigenvalue weighted by Crippen LogP contribution is -2.33. The van der Waals surface area contributed by atoms with E-state index >= 15 is 0 Å². The molecule has 7 heteroatoms. The zero-order valence-electron chi connectivity index (χ0n) is 14.1. The zero-order valence-corrected chi connectivity index (χ0v) is 14.9. The molecule has 26 heavy (non-hydrogen) atoms. The first-order valence-corrected chi connectivity index (χ1v) is 9.58. The fraction of sp³-hybridized carbons (Fsp3) is 0.263. The SMILES string of the molecule is c1ccc(-c2noc(C3CCN(c4ncnc5sccc45)CC3)n2)cc1. The van der Waals surface area contributed by atoms with Crippen molar-refractivity contribution in [2.45, 2.75) is 18.8 Å². The summed E-state index contributed by atoms with van der Waals surface area (Å²) in [5.74, 6) is 2.74. The van der Waals surface area contributed by atoms with Crippen molar-refractivity contribution in [1.29, 1.82) is 0 Å². The van der Waals surface area contributed by atoms with E-state index in [2.05, 4.69) is 36.5 Å². The van der Waals surface area contributed by atoms with E-state index < -0.39 is 0 Å². The third-order valence-electron chi connectivity index (χ3n) is 4.86. The van der Waals surface area contributed by atoms with Gasteiger partial charge in [-0.05, 0) is 24.3 Å². The van der Waals surface area contributed by atoms with Crippen LogP contribution >= 0.6 is 11.3 Å². The van der Waals surface area contributed by atoms with Gasteiger partial charge >= 0.3 is 0 Å². The summed E-state index contributed by atoms with van der Waals surface area (Å²) < 4.78 is 5.55. The molecule has 0 N–H and O–H groups in total. The predicted octanol–water partition coefficient (Wildman–Crippen LogP) is 4.13. The molecule has 0 bridgehead atoms. The van der Waals surface area contributed by atoms with Gasteiger partial charge in [-0.1, -0.05) is 35.5 Å². The fourth-order valence-corrected chi connectivity index (χ4v) is 4.20. The van der Waals surface area contributed by atoms with Gasteiger partial charge in [-0.15, -0.1) is 11.3 Å². The number of hydrogen-bond acceptors (Lipinski definition) is 7. The van der Waals surface area contributed by atoms with Crippen molar-refractivity contribution in [3.8, 4) is 11.4 Å². The van der Waals surface area contributed by atoms with Gasteiger partial charge in [0.2, 0.25) is 11.7 Å². The molecular weight excluding hydrogens is 346 g/mol. The highest BCUT2D eigenvalue weighted by Gasteiger charge is 2.27. The van der Waals surface area contributed by atoms with Gasteiger partial charge in [0.15, 0.2) is 0 Å². The Hall–Kier alpha value is -2.80. The molecular formula is C19H17N5OS. The first-order chi connectivity index (χ1) is 12.9. The summed E-state index contributed by atoms with van der Waals surface area (Å²) in [6.45, 7) is 1.85. The second-order valence-electron chi connectivity index (χ2n) is 6.42. The van der Waals surface area contributed by atoms with E-state index in [9.17, 15) is 0 Å². The molecule has 0 radical (unpaired) electrons. The number of thiophene rings is 1. The maximum Gasteiger partial charge on any atom is 0.230 e. The van der Waals surface area contributed by atoms with Gasteiger partial charge in [-0.3, -0.25) is 0 Å². The van der Waals surface area contributed by atoms with E-state index in [1.807, 2.05) is 30.3 Å². The molecule has 1 aliphatic heterocycles. The quantitative estimate of drug-likeness (QED) is 0.545. The summed E-state index contributed by atoms with van der Waals surface area (Å²) in [5.41, 5.74) is 0.987. The second kappa shape index (κ2) is 6.49. The monoisotopic (exact) mass is 363 g/mol. The number of fused-ring (bicyclic) bond motifs is 1. The highest BCUT2D eigenvalue weighted by atomic mass is 32.1. The molecule has 1 saturated heterocycles. The van der Waals surface area contributed by atoms with E-state index in [1.165, 1.54) is 0 Å². The number of benzene rings is 1. The van der Waals surface area contributed by atoms with Crippen molar-refractivity contribution in [1.82, 2.24) is 20.1 Å². The molecule has 1 fully saturated rings. The molecule has 0 amide bonds. The summed E-state index contributed by atoms with van der Waals surface area (Å²) in [4.78, 5) is 16.9. The zero-order chi connectivity index (χ0) is 17.3. The van der Waals surface area contributed by atoms with E-state index in [1.54, 1.807) is 17.7 Å². The lowest BCUT2D eigenvalue weighted by molar-refractivity contribution is 0.329. The highest BCUT2D eigenvalue weighted by molar-refractivity contribution is 7.16. The first-order valence-electron chi connectivity index (χ1n) is 8.70. The van der Waals surface area contributed by atoms with Crippen LogP contribution in [0.15, 0.2) is 52.6 Å². The summed E-state index contributed by atoms with van der Waals surface area (Å²) >= 11 is 1.65. The summed E-state index contributed by atoms with van der Waals surface area (Å²) in [6.07, 6.45) is 3.61. The Kier molecular flexibility index (Phi) is 3.86. The number of rotatable bonds is 3. The maximum absolute atomic E-state index is 5.55. The van der Waals surface area contributed by atoms with E-state index in [0.717, 1.165) is 53.4 Å². The number of aromatic nitrogens is 4. The van der Waals surface area contributed by atoms with E-state index in [0.29, 0.717) is 11.7 Å². The van der Waals surface area contributed by atoms with Gasteiger partial charge in [0.1, 0.15) is 17.0 Å². The van der Waals surface area contributed by atoms with Crippen LogP contribution in [-0.4, -0.2) is 33.2 Å². The Morgan fingerprint density at radius 2 is 1.88 bits per heavy atom. The van der Waals surface area contributed by atoms with Crippen LogP contribution in [0.5, 0.6) is 0 Å². The average molecular weight is 363 g/mol. The molecule has 0 saturated carbocycles. The van der Waals surface area contributed by atoms with Crippen molar-refractivity contribution in [3.63, 3.8) is 0 Å². The molecule has 0 atom stereocenters. The van der Waals surface area contributed by atoms with Crippen LogP contribution in [-0.2, 0) is 0 Å². The third-order valence-corrected chi connectivity index (χ3v) is 5.68. The Balaban J connectivity index is 1.32. The second-order valence-corrected chi connectivity index (χ2v) is 7.31. The van der Waals surface area contributed by atoms with Crippen LogP contribution in [0.1, 0.15) is 24.7 Å². The van der Waals surface area contributed by atoms with Gasteiger partial charge < -0.3 is 9.42 Å². The van der Waals surface area contributed by atoms with Crippen molar-refractivity contribution in [2.75, 3.05) is 18.0 Å². The van der Waals surface area contributed by atoms with Gasteiger partial charge in [0, 0.05) is 24.6 Å². The normalized spacial score (nSPS) is 15.6. The van der Waals surface area contributed by atoms with Gasteiger partial charge in [-0.25, -0.2) is 9.97 Å². The summed E-state index contributed by atoms with van der Waals surface area (Å²) in [7, 11) is 0. The Morgan fingerprint density at radius 3 is 2.73 bits per heavy atom. The molecule has 1 aromatic carbocycles. The molecule has 130 valence electrons. The first kappa shape index (κ1) is 15.5. The lowest BCUT2D eigenvalue weighted by atomic mass is 9.96. The van der Waals surface area contributed by atoms with Gasteiger partial charge in [0.05, 0.1) is 5.39 Å². The summed E-state index contributed by atoms with van der Waals surface area (Å²) in [5, 5.41) is 7.36. The number of piperidine rings is 1. The van der Waals surface area contributed by atoms with Crippen molar-refractivity contribution >= 4 is 27.4 Å². The minimum Gasteiger partial charge on any atom is -0.356 e. The van der Waals surface area contributed by atoms with Crippen molar-refractivity contribution in [3.05, 3.63) is 54.0 Å². The standard InChI is InChI=1S/C19H17N5OS/c1-2-4-13(5-3-1)16-22-18(25-23-16)14-6-9-24(10-7-14)17-15-8-11-26-19(15)21-12-20-17/h1-5,8,11-12,14H,6-7,9-10H2. The Morgan fingerprint density at radius 1 is 1.04 bits per heavy atom. The maximum atomic E-state index is 5.55. The van der Waals surface area contributed by atoms with Crippen LogP contribution < -0.4 is 4.90 Å². The van der Waals surface area contributed by atoms with E-state index in [-0.39, 0.29) is 0 Å². The highest BCUT2D eigenvalue weighted by Crippen LogP contribution is 2.33. The lowest BCUT2D eigenvalue weighted by Gasteiger charge is -2.31. The molecule has 0 unspecified atom stereocenters. The molecule has 3 aromatic heterocycles. The molecule has 1 aliphatic rings. The largest absolute Gasteiger partial charge is 0.356 e. The van der Waals surface area contributed by atoms with Gasteiger partial charge in [0.25, 0.3) is 0 Å². The van der Waals surface area contributed by atoms with Crippen LogP contribution in [0, 0.1) is 0 Å². The topological polar surface area (TPSA) is 67.9 Å². The van der Waals surface area contributed by atoms with Crippen molar-refractivity contribution < 1.29 is 4.52 Å². The molecule has 4 heterocycles. The fourth-order valence-electron chi connectivity index (χ4n) is 3.47. The Labute approximate surface area is 154 Å². The van der Waals surface area contributed by atoms with Crippen LogP contribution in [0.2, 0.25) is 0 Å². The van der Waals surface area contributed by atoms with Crippen LogP contribution in [0.3, 0.4) is 0 Å². The molecule has 0 aliphatic carbocycles. The molecule has 0 spiro atoms. The smallest absolute Gasteiger partial charge is 0.230 e. The average Bonchev–Trinajstić information content (AvgIpc) is 3.38. The molecule has 6 nitrogen and oxygen atoms in total. The number of anilines is 1. The number of nitrogens with zero attached hydrogens (tertiary/aromatic N) is 5. The van der Waals surface area contributed by atoms with E-state index in [4.69, 9.17) is 4.52 Å². The predicted molar refractivity (Wildman–Crippen MR) is 101 cm³/mol. The Bertz CT molecular complexity index is 1020. The van der Waals surface area contributed by atoms with Crippen LogP contribution in [0.4, 0.5) is 5.82 Å². The van der Waals surface area contributed by atoms with Crippen molar-refractivity contribution in [2.24, 2.45) is 0 Å². The number of hydrogen-bond donors (Lipinski definition) is 0. The molecule has 5 rings (SSSR count). The van der Waals surface area contributed by atoms with Crippen LogP contribution in [0.25, 0.3) is 21.6 Å². The molecule has 4 aromatic rings. The van der Waals surface area contributed by atoms with Gasteiger partial charge in [-0.2, -0.15) is 4.98 Å². The minimum absolute atomic E-state index is 0.302. The third kappa shape index (κ3) is 2.74. The summed E-state index contributed by atoms with van der Waals surface area (Å²) in [6, 6.07) is 12.0.